The number of methoxy groups -OCH3 is 1. The number of carbonyl (C=O) groups is 4. The molecule has 0 unspecified atom stereocenters. The van der Waals surface area contributed by atoms with E-state index in [0.29, 0.717) is 12.1 Å². The summed E-state index contributed by atoms with van der Waals surface area (Å²) in [7, 11) is 2.64. The van der Waals surface area contributed by atoms with E-state index in [1.54, 1.807) is 13.8 Å². The second kappa shape index (κ2) is 8.14. The van der Waals surface area contributed by atoms with Gasteiger partial charge in [0.05, 0.1) is 18.9 Å². The predicted molar refractivity (Wildman–Crippen MR) is 105 cm³/mol. The summed E-state index contributed by atoms with van der Waals surface area (Å²) < 4.78 is 18.2. The van der Waals surface area contributed by atoms with Crippen LogP contribution in [0.1, 0.15) is 30.6 Å². The Morgan fingerprint density at radius 1 is 1.20 bits per heavy atom. The zero-order valence-electron chi connectivity index (χ0n) is 17.5. The summed E-state index contributed by atoms with van der Waals surface area (Å²) in [5.41, 5.74) is -1.02. The van der Waals surface area contributed by atoms with Crippen LogP contribution in [0.25, 0.3) is 0 Å². The van der Waals surface area contributed by atoms with Crippen LogP contribution in [0, 0.1) is 17.7 Å². The Bertz CT molecular complexity index is 874. The zero-order chi connectivity index (χ0) is 22.2. The largest absolute Gasteiger partial charge is 0.468 e. The van der Waals surface area contributed by atoms with Crippen LogP contribution >= 0.6 is 0 Å². The van der Waals surface area contributed by atoms with E-state index in [4.69, 9.17) is 4.74 Å². The summed E-state index contributed by atoms with van der Waals surface area (Å²) in [6, 6.07) is 4.60. The number of amides is 3. The average molecular weight is 419 g/mol. The molecule has 162 valence electrons. The van der Waals surface area contributed by atoms with E-state index in [-0.39, 0.29) is 24.8 Å². The number of nitrogens with one attached hydrogen (secondary N) is 1. The minimum atomic E-state index is -1.33. The molecule has 2 aliphatic rings. The van der Waals surface area contributed by atoms with Crippen molar-refractivity contribution in [3.63, 3.8) is 0 Å². The lowest BCUT2D eigenvalue weighted by Crippen LogP contribution is -2.58. The third-order valence-electron chi connectivity index (χ3n) is 6.26. The number of hydrogen-bond donors (Lipinski definition) is 1. The Labute approximate surface area is 174 Å². The molecule has 1 aromatic carbocycles. The summed E-state index contributed by atoms with van der Waals surface area (Å²) in [4.78, 5) is 53.8. The third kappa shape index (κ3) is 3.27. The Hall–Kier alpha value is -2.81. The Morgan fingerprint density at radius 2 is 1.83 bits per heavy atom. The summed E-state index contributed by atoms with van der Waals surface area (Å²) in [6.07, 6.45) is 0.252. The summed E-state index contributed by atoms with van der Waals surface area (Å²) in [5, 5.41) is 3.17. The van der Waals surface area contributed by atoms with E-state index in [9.17, 15) is 23.6 Å². The fourth-order valence-corrected chi connectivity index (χ4v) is 4.63. The van der Waals surface area contributed by atoms with Gasteiger partial charge in [-0.25, -0.2) is 4.39 Å². The topological polar surface area (TPSA) is 96.0 Å². The molecule has 0 aromatic heterocycles. The van der Waals surface area contributed by atoms with Crippen LogP contribution in [0.15, 0.2) is 24.3 Å². The molecule has 3 rings (SSSR count). The van der Waals surface area contributed by atoms with Gasteiger partial charge in [0.2, 0.25) is 11.8 Å². The van der Waals surface area contributed by atoms with Crippen LogP contribution < -0.4 is 5.32 Å². The lowest BCUT2D eigenvalue weighted by molar-refractivity contribution is -0.154. The molecule has 0 spiro atoms. The van der Waals surface area contributed by atoms with Crippen molar-refractivity contribution in [2.75, 3.05) is 27.2 Å². The maximum absolute atomic E-state index is 13.2. The van der Waals surface area contributed by atoms with Crippen molar-refractivity contribution in [2.45, 2.75) is 31.8 Å². The Kier molecular flexibility index (Phi) is 5.94. The number of likely N-dealkylation sites (tertiary alicyclic amines) is 1. The predicted octanol–water partition coefficient (Wildman–Crippen LogP) is 0.812. The maximum Gasteiger partial charge on any atom is 0.326 e. The molecule has 9 heteroatoms. The first-order valence-electron chi connectivity index (χ1n) is 9.94. The van der Waals surface area contributed by atoms with E-state index in [1.807, 2.05) is 0 Å². The number of imide groups is 1. The van der Waals surface area contributed by atoms with Crippen molar-refractivity contribution in [3.8, 4) is 0 Å². The molecule has 2 saturated heterocycles. The number of carbonyl (C=O) groups excluding carboxylic acids is 4. The number of halogens is 1. The second-order valence-corrected chi connectivity index (χ2v) is 7.66. The van der Waals surface area contributed by atoms with Crippen LogP contribution in [0.5, 0.6) is 0 Å². The minimum absolute atomic E-state index is 0.111. The first kappa shape index (κ1) is 21.9. The smallest absolute Gasteiger partial charge is 0.326 e. The summed E-state index contributed by atoms with van der Waals surface area (Å²) in [5.74, 6) is -3.86. The Morgan fingerprint density at radius 3 is 2.37 bits per heavy atom. The van der Waals surface area contributed by atoms with Crippen LogP contribution in [0.2, 0.25) is 0 Å². The van der Waals surface area contributed by atoms with Gasteiger partial charge < -0.3 is 9.64 Å². The minimum Gasteiger partial charge on any atom is -0.468 e. The highest BCUT2D eigenvalue weighted by molar-refractivity contribution is 6.09. The molecule has 0 saturated carbocycles. The van der Waals surface area contributed by atoms with Crippen LogP contribution in [0.3, 0.4) is 0 Å². The maximum atomic E-state index is 13.2. The highest BCUT2D eigenvalue weighted by Gasteiger charge is 2.67. The first-order chi connectivity index (χ1) is 14.2. The van der Waals surface area contributed by atoms with Gasteiger partial charge in [0.1, 0.15) is 11.4 Å². The summed E-state index contributed by atoms with van der Waals surface area (Å²) in [6.45, 7) is 3.98. The van der Waals surface area contributed by atoms with E-state index in [1.165, 1.54) is 43.3 Å². The molecule has 0 radical (unpaired) electrons. The molecule has 2 heterocycles. The highest BCUT2D eigenvalue weighted by atomic mass is 19.1. The number of ether oxygens (including phenoxy) is 1. The second-order valence-electron chi connectivity index (χ2n) is 7.66. The van der Waals surface area contributed by atoms with Gasteiger partial charge in [-0.05, 0) is 37.6 Å². The van der Waals surface area contributed by atoms with Crippen molar-refractivity contribution >= 4 is 23.7 Å². The third-order valence-corrected chi connectivity index (χ3v) is 6.26. The average Bonchev–Trinajstić information content (AvgIpc) is 3.20. The molecule has 30 heavy (non-hydrogen) atoms. The van der Waals surface area contributed by atoms with Gasteiger partial charge in [0.15, 0.2) is 0 Å². The van der Waals surface area contributed by atoms with Crippen LogP contribution in [-0.2, 0) is 19.1 Å². The van der Waals surface area contributed by atoms with E-state index in [0.717, 1.165) is 4.90 Å². The molecule has 0 bridgehead atoms. The quantitative estimate of drug-likeness (QED) is 0.542. The van der Waals surface area contributed by atoms with E-state index >= 15 is 0 Å². The molecule has 2 aliphatic heterocycles. The highest BCUT2D eigenvalue weighted by Crippen LogP contribution is 2.44. The molecule has 1 N–H and O–H groups in total. The van der Waals surface area contributed by atoms with Crippen molar-refractivity contribution in [1.82, 2.24) is 15.1 Å². The van der Waals surface area contributed by atoms with Gasteiger partial charge >= 0.3 is 5.97 Å². The fraction of sp³-hybridized carbons (Fsp3) is 0.524. The number of nitrogens with zero attached hydrogens (tertiary/aromatic N) is 2. The van der Waals surface area contributed by atoms with Gasteiger partial charge in [0.25, 0.3) is 5.91 Å². The molecule has 0 aliphatic carbocycles. The molecule has 8 nitrogen and oxygen atoms in total. The Balaban J connectivity index is 1.93. The number of likely N-dealkylation sites (N-methyl/N-ethyl adjacent to an activating group) is 1. The van der Waals surface area contributed by atoms with Gasteiger partial charge in [-0.3, -0.25) is 29.4 Å². The lowest BCUT2D eigenvalue weighted by Gasteiger charge is -2.32. The molecule has 1 aromatic rings. The van der Waals surface area contributed by atoms with Crippen molar-refractivity contribution in [1.29, 1.82) is 0 Å². The number of hydrogen-bond acceptors (Lipinski definition) is 6. The van der Waals surface area contributed by atoms with Crippen molar-refractivity contribution < 1.29 is 28.3 Å². The first-order valence-corrected chi connectivity index (χ1v) is 9.94. The standard InChI is InChI=1S/C21H26FN3O5/c1-5-21(20(29)30-4)16-15(18(27)24(3)19(16)28)14(23-21)11-25(6-2)17(26)12-7-9-13(22)10-8-12/h7-10,14-16,23H,5-6,11H2,1-4H3/t14-,15+,16-,21-/m1/s1. The lowest BCUT2D eigenvalue weighted by atomic mass is 9.78. The molecular formula is C21H26FN3O5. The van der Waals surface area contributed by atoms with Crippen molar-refractivity contribution in [2.24, 2.45) is 11.8 Å². The SMILES string of the molecule is CCN(C[C@H]1N[C@@](CC)(C(=O)OC)[C@H]2C(=O)N(C)C(=O)[C@@H]12)C(=O)c1ccc(F)cc1. The number of esters is 1. The van der Waals surface area contributed by atoms with Crippen molar-refractivity contribution in [3.05, 3.63) is 35.6 Å². The number of benzene rings is 1. The molecule has 2 fully saturated rings. The van der Waals surface area contributed by atoms with Crippen LogP contribution in [-0.4, -0.2) is 72.3 Å². The fourth-order valence-electron chi connectivity index (χ4n) is 4.63. The zero-order valence-corrected chi connectivity index (χ0v) is 17.5. The van der Waals surface area contributed by atoms with Gasteiger partial charge in [-0.15, -0.1) is 0 Å². The van der Waals surface area contributed by atoms with E-state index in [2.05, 4.69) is 5.32 Å². The molecule has 3 amide bonds. The monoisotopic (exact) mass is 419 g/mol. The van der Waals surface area contributed by atoms with Gasteiger partial charge in [-0.2, -0.15) is 0 Å². The van der Waals surface area contributed by atoms with Gasteiger partial charge in [0, 0.05) is 31.7 Å². The molecular weight excluding hydrogens is 393 g/mol. The van der Waals surface area contributed by atoms with Gasteiger partial charge in [-0.1, -0.05) is 6.92 Å². The number of fused-ring (bicyclic) bond motifs is 1. The molecule has 4 atom stereocenters. The van der Waals surface area contributed by atoms with Crippen LogP contribution in [0.4, 0.5) is 4.39 Å². The summed E-state index contributed by atoms with van der Waals surface area (Å²) >= 11 is 0. The number of rotatable bonds is 6. The normalized spacial score (nSPS) is 27.9. The van der Waals surface area contributed by atoms with E-state index < -0.39 is 41.1 Å².